The predicted octanol–water partition coefficient (Wildman–Crippen LogP) is 4.70. The van der Waals surface area contributed by atoms with Gasteiger partial charge in [0.2, 0.25) is 0 Å². The summed E-state index contributed by atoms with van der Waals surface area (Å²) < 4.78 is 13.4. The maximum Gasteiger partial charge on any atom is 0.271 e. The molecule has 2 aromatic carbocycles. The first-order chi connectivity index (χ1) is 13.0. The van der Waals surface area contributed by atoms with E-state index in [4.69, 9.17) is 11.6 Å². The molecule has 0 aliphatic carbocycles. The Balaban J connectivity index is 1.48. The van der Waals surface area contributed by atoms with Crippen LogP contribution in [0.15, 0.2) is 48.5 Å². The van der Waals surface area contributed by atoms with E-state index in [1.54, 1.807) is 11.0 Å². The number of carbonyl (C=O) groups is 2. The number of fused-ring (bicyclic) bond motifs is 1. The molecule has 1 fully saturated rings. The van der Waals surface area contributed by atoms with Gasteiger partial charge in [-0.2, -0.15) is 0 Å². The molecular weight excluding hydrogens is 367 g/mol. The van der Waals surface area contributed by atoms with Crippen LogP contribution in [-0.4, -0.2) is 34.7 Å². The van der Waals surface area contributed by atoms with Crippen LogP contribution in [0.25, 0.3) is 10.9 Å². The molecule has 3 aromatic rings. The lowest BCUT2D eigenvalue weighted by molar-refractivity contribution is 0.0646. The number of ketones is 1. The van der Waals surface area contributed by atoms with Crippen molar-refractivity contribution in [3.63, 3.8) is 0 Å². The first-order valence-electron chi connectivity index (χ1n) is 8.90. The van der Waals surface area contributed by atoms with Crippen molar-refractivity contribution in [3.05, 3.63) is 70.6 Å². The number of benzene rings is 2. The number of aromatic amines is 1. The van der Waals surface area contributed by atoms with Gasteiger partial charge in [0.25, 0.3) is 5.91 Å². The van der Waals surface area contributed by atoms with Gasteiger partial charge in [-0.05, 0) is 31.0 Å². The second-order valence-corrected chi connectivity index (χ2v) is 7.18. The van der Waals surface area contributed by atoms with Gasteiger partial charge in [-0.1, -0.05) is 41.9 Å². The quantitative estimate of drug-likeness (QED) is 0.666. The second-order valence-electron chi connectivity index (χ2n) is 6.80. The Kier molecular flexibility index (Phi) is 4.70. The highest BCUT2D eigenvalue weighted by Crippen LogP contribution is 2.30. The first kappa shape index (κ1) is 17.7. The molecule has 4 rings (SSSR count). The number of rotatable bonds is 3. The van der Waals surface area contributed by atoms with Crippen LogP contribution in [0, 0.1) is 11.7 Å². The molecule has 138 valence electrons. The lowest BCUT2D eigenvalue weighted by atomic mass is 9.89. The maximum atomic E-state index is 13.4. The van der Waals surface area contributed by atoms with Gasteiger partial charge in [-0.3, -0.25) is 9.59 Å². The van der Waals surface area contributed by atoms with Crippen LogP contribution in [0.5, 0.6) is 0 Å². The number of piperidine rings is 1. The summed E-state index contributed by atoms with van der Waals surface area (Å²) in [4.78, 5) is 30.1. The highest BCUT2D eigenvalue weighted by atomic mass is 35.5. The van der Waals surface area contributed by atoms with Gasteiger partial charge < -0.3 is 9.88 Å². The number of amides is 1. The summed E-state index contributed by atoms with van der Waals surface area (Å²) in [7, 11) is 0. The number of nitrogens with one attached hydrogen (secondary N) is 1. The molecule has 2 heterocycles. The molecule has 0 unspecified atom stereocenters. The zero-order valence-corrected chi connectivity index (χ0v) is 15.3. The number of hydrogen-bond donors (Lipinski definition) is 1. The Morgan fingerprint density at radius 2 is 1.78 bits per heavy atom. The SMILES string of the molecule is O=C(c1ccccc1)C1CCN(C(=O)c2[nH]c3ccc(F)cc3c2Cl)CC1. The number of halogens is 2. The van der Waals surface area contributed by atoms with Gasteiger partial charge >= 0.3 is 0 Å². The average molecular weight is 385 g/mol. The average Bonchev–Trinajstić information content (AvgIpc) is 3.04. The molecule has 6 heteroatoms. The Morgan fingerprint density at radius 3 is 2.48 bits per heavy atom. The highest BCUT2D eigenvalue weighted by Gasteiger charge is 2.30. The lowest BCUT2D eigenvalue weighted by Crippen LogP contribution is -2.40. The molecule has 27 heavy (non-hydrogen) atoms. The molecule has 1 saturated heterocycles. The van der Waals surface area contributed by atoms with Gasteiger partial charge in [0.15, 0.2) is 5.78 Å². The molecule has 1 aliphatic rings. The van der Waals surface area contributed by atoms with E-state index in [2.05, 4.69) is 4.98 Å². The van der Waals surface area contributed by atoms with Crippen LogP contribution in [0.3, 0.4) is 0 Å². The van der Waals surface area contributed by atoms with Crippen LogP contribution < -0.4 is 0 Å². The van der Waals surface area contributed by atoms with E-state index in [9.17, 15) is 14.0 Å². The molecule has 0 bridgehead atoms. The minimum absolute atomic E-state index is 0.0799. The minimum Gasteiger partial charge on any atom is -0.349 e. The fourth-order valence-electron chi connectivity index (χ4n) is 3.62. The monoisotopic (exact) mass is 384 g/mol. The fourth-order valence-corrected chi connectivity index (χ4v) is 3.90. The van der Waals surface area contributed by atoms with Crippen molar-refractivity contribution in [2.24, 2.45) is 5.92 Å². The number of nitrogens with zero attached hydrogens (tertiary/aromatic N) is 1. The van der Waals surface area contributed by atoms with Crippen LogP contribution in [-0.2, 0) is 0 Å². The third-order valence-electron chi connectivity index (χ3n) is 5.12. The third kappa shape index (κ3) is 3.35. The van der Waals surface area contributed by atoms with E-state index in [1.165, 1.54) is 12.1 Å². The number of aromatic nitrogens is 1. The lowest BCUT2D eigenvalue weighted by Gasteiger charge is -2.31. The van der Waals surface area contributed by atoms with E-state index in [0.717, 1.165) is 0 Å². The second kappa shape index (κ2) is 7.16. The van der Waals surface area contributed by atoms with Crippen LogP contribution in [0.2, 0.25) is 5.02 Å². The summed E-state index contributed by atoms with van der Waals surface area (Å²) in [6.07, 6.45) is 1.23. The minimum atomic E-state index is -0.400. The van der Waals surface area contributed by atoms with Crippen LogP contribution >= 0.6 is 11.6 Å². The van der Waals surface area contributed by atoms with Gasteiger partial charge in [0.1, 0.15) is 11.5 Å². The number of H-pyrrole nitrogens is 1. The normalized spacial score (nSPS) is 15.3. The van der Waals surface area contributed by atoms with Gasteiger partial charge in [0.05, 0.1) is 5.02 Å². The van der Waals surface area contributed by atoms with Crippen molar-refractivity contribution < 1.29 is 14.0 Å². The maximum absolute atomic E-state index is 13.4. The number of likely N-dealkylation sites (tertiary alicyclic amines) is 1. The Bertz CT molecular complexity index is 1010. The molecule has 0 saturated carbocycles. The Morgan fingerprint density at radius 1 is 1.07 bits per heavy atom. The summed E-state index contributed by atoms with van der Waals surface area (Å²) in [6, 6.07) is 13.4. The van der Waals surface area contributed by atoms with E-state index in [1.807, 2.05) is 30.3 Å². The number of hydrogen-bond acceptors (Lipinski definition) is 2. The molecule has 0 spiro atoms. The molecular formula is C21H18ClFN2O2. The predicted molar refractivity (Wildman–Crippen MR) is 103 cm³/mol. The van der Waals surface area contributed by atoms with E-state index >= 15 is 0 Å². The van der Waals surface area contributed by atoms with Crippen molar-refractivity contribution in [2.75, 3.05) is 13.1 Å². The smallest absolute Gasteiger partial charge is 0.271 e. The van der Waals surface area contributed by atoms with Crippen molar-refractivity contribution in [1.29, 1.82) is 0 Å². The Hall–Kier alpha value is -2.66. The summed E-state index contributed by atoms with van der Waals surface area (Å²) in [6.45, 7) is 0.976. The van der Waals surface area contributed by atoms with Gasteiger partial charge in [-0.15, -0.1) is 0 Å². The number of Topliss-reactive ketones (excluding diaryl/α,β-unsaturated/α-hetero) is 1. The summed E-state index contributed by atoms with van der Waals surface area (Å²) in [5, 5.41) is 0.728. The van der Waals surface area contributed by atoms with Crippen molar-refractivity contribution >= 4 is 34.2 Å². The first-order valence-corrected chi connectivity index (χ1v) is 9.27. The van der Waals surface area contributed by atoms with Crippen LogP contribution in [0.1, 0.15) is 33.7 Å². The summed E-state index contributed by atoms with van der Waals surface area (Å²) in [5.41, 5.74) is 1.60. The zero-order chi connectivity index (χ0) is 19.0. The van der Waals surface area contributed by atoms with E-state index in [-0.39, 0.29) is 28.3 Å². The van der Waals surface area contributed by atoms with Crippen molar-refractivity contribution in [2.45, 2.75) is 12.8 Å². The fraction of sp³-hybridized carbons (Fsp3) is 0.238. The standard InChI is InChI=1S/C21H18ClFN2O2/c22-18-16-12-15(23)6-7-17(16)24-19(18)21(27)25-10-8-14(9-11-25)20(26)13-4-2-1-3-5-13/h1-7,12,14,24H,8-11H2. The van der Waals surface area contributed by atoms with E-state index < -0.39 is 5.82 Å². The number of carbonyl (C=O) groups excluding carboxylic acids is 2. The molecule has 1 N–H and O–H groups in total. The molecule has 1 aliphatic heterocycles. The van der Waals surface area contributed by atoms with Gasteiger partial charge in [-0.25, -0.2) is 4.39 Å². The molecule has 0 radical (unpaired) electrons. The van der Waals surface area contributed by atoms with Crippen LogP contribution in [0.4, 0.5) is 4.39 Å². The van der Waals surface area contributed by atoms with Gasteiger partial charge in [0, 0.05) is 35.5 Å². The summed E-state index contributed by atoms with van der Waals surface area (Å²) in [5.74, 6) is -0.574. The summed E-state index contributed by atoms with van der Waals surface area (Å²) >= 11 is 6.30. The van der Waals surface area contributed by atoms with Crippen molar-refractivity contribution in [1.82, 2.24) is 9.88 Å². The van der Waals surface area contributed by atoms with Crippen molar-refractivity contribution in [3.8, 4) is 0 Å². The molecule has 4 nitrogen and oxygen atoms in total. The Labute approximate surface area is 160 Å². The highest BCUT2D eigenvalue weighted by molar-refractivity contribution is 6.38. The topological polar surface area (TPSA) is 53.2 Å². The molecule has 0 atom stereocenters. The van der Waals surface area contributed by atoms with E-state index in [0.29, 0.717) is 42.4 Å². The zero-order valence-electron chi connectivity index (χ0n) is 14.5. The molecule has 1 amide bonds. The largest absolute Gasteiger partial charge is 0.349 e. The molecule has 1 aromatic heterocycles. The third-order valence-corrected chi connectivity index (χ3v) is 5.51.